The molecular weight excluding hydrogens is 260 g/mol. The van der Waals surface area contributed by atoms with Crippen molar-refractivity contribution in [3.8, 4) is 6.07 Å². The van der Waals surface area contributed by atoms with Gasteiger partial charge in [-0.3, -0.25) is 9.88 Å². The van der Waals surface area contributed by atoms with Crippen LogP contribution in [0.4, 0.5) is 5.69 Å². The van der Waals surface area contributed by atoms with Gasteiger partial charge in [0, 0.05) is 30.9 Å². The molecule has 0 N–H and O–H groups in total. The van der Waals surface area contributed by atoms with E-state index in [0.29, 0.717) is 12.1 Å². The highest BCUT2D eigenvalue weighted by Crippen LogP contribution is 2.31. The number of piperidine rings is 1. The molecule has 21 heavy (non-hydrogen) atoms. The van der Waals surface area contributed by atoms with Crippen molar-refractivity contribution in [3.05, 3.63) is 23.0 Å². The lowest BCUT2D eigenvalue weighted by molar-refractivity contribution is 0.115. The molecule has 2 aliphatic rings. The number of piperazine rings is 1. The number of fused-ring (bicyclic) bond motifs is 1. The van der Waals surface area contributed by atoms with E-state index in [1.807, 2.05) is 13.8 Å². The minimum Gasteiger partial charge on any atom is -0.365 e. The van der Waals surface area contributed by atoms with E-state index < -0.39 is 0 Å². The summed E-state index contributed by atoms with van der Waals surface area (Å²) in [5.74, 6) is 0. The van der Waals surface area contributed by atoms with Gasteiger partial charge in [-0.25, -0.2) is 0 Å². The lowest BCUT2D eigenvalue weighted by Gasteiger charge is -2.48. The molecule has 0 aromatic carbocycles. The Kier molecular flexibility index (Phi) is 3.86. The zero-order valence-corrected chi connectivity index (χ0v) is 13.3. The minimum atomic E-state index is 0.452. The van der Waals surface area contributed by atoms with Crippen LogP contribution in [0.5, 0.6) is 0 Å². The van der Waals surface area contributed by atoms with E-state index in [-0.39, 0.29) is 0 Å². The number of aryl methyl sites for hydroxylation is 2. The van der Waals surface area contributed by atoms with Gasteiger partial charge in [0.05, 0.1) is 16.9 Å². The van der Waals surface area contributed by atoms with Crippen LogP contribution >= 0.6 is 0 Å². The lowest BCUT2D eigenvalue weighted by atomic mass is 9.96. The van der Waals surface area contributed by atoms with Crippen LogP contribution in [0.25, 0.3) is 0 Å². The van der Waals surface area contributed by atoms with Gasteiger partial charge in [-0.1, -0.05) is 6.42 Å². The van der Waals surface area contributed by atoms with Gasteiger partial charge in [-0.05, 0) is 46.2 Å². The quantitative estimate of drug-likeness (QED) is 0.795. The van der Waals surface area contributed by atoms with E-state index in [9.17, 15) is 5.26 Å². The monoisotopic (exact) mass is 284 g/mol. The van der Waals surface area contributed by atoms with Crippen molar-refractivity contribution in [2.75, 3.05) is 24.5 Å². The molecule has 1 aromatic rings. The van der Waals surface area contributed by atoms with Crippen LogP contribution in [0.2, 0.25) is 0 Å². The molecule has 0 saturated carbocycles. The van der Waals surface area contributed by atoms with Gasteiger partial charge < -0.3 is 4.90 Å². The highest BCUT2D eigenvalue weighted by Gasteiger charge is 2.34. The van der Waals surface area contributed by atoms with E-state index in [1.54, 1.807) is 0 Å². The summed E-state index contributed by atoms with van der Waals surface area (Å²) in [6.07, 6.45) is 3.96. The van der Waals surface area contributed by atoms with Crippen LogP contribution in [-0.4, -0.2) is 41.6 Å². The molecule has 0 spiro atoms. The molecule has 0 bridgehead atoms. The Bertz CT molecular complexity index is 575. The summed E-state index contributed by atoms with van der Waals surface area (Å²) in [7, 11) is 0. The Hall–Kier alpha value is -1.60. The Labute approximate surface area is 127 Å². The molecule has 3 heterocycles. The molecule has 3 rings (SSSR count). The number of anilines is 1. The van der Waals surface area contributed by atoms with E-state index in [2.05, 4.69) is 33.8 Å². The average molecular weight is 284 g/mol. The fourth-order valence-corrected chi connectivity index (χ4v) is 3.86. The van der Waals surface area contributed by atoms with Crippen LogP contribution in [0.15, 0.2) is 6.07 Å². The zero-order valence-electron chi connectivity index (χ0n) is 13.3. The summed E-state index contributed by atoms with van der Waals surface area (Å²) in [6, 6.07) is 5.55. The van der Waals surface area contributed by atoms with Crippen LogP contribution in [0.3, 0.4) is 0 Å². The fraction of sp³-hybridized carbons (Fsp3) is 0.647. The minimum absolute atomic E-state index is 0.452. The Morgan fingerprint density at radius 2 is 2.10 bits per heavy atom. The summed E-state index contributed by atoms with van der Waals surface area (Å²) in [5, 5.41) is 9.51. The van der Waals surface area contributed by atoms with Crippen LogP contribution in [0, 0.1) is 25.2 Å². The van der Waals surface area contributed by atoms with Crippen LogP contribution in [-0.2, 0) is 0 Å². The molecule has 2 saturated heterocycles. The Morgan fingerprint density at radius 3 is 2.86 bits per heavy atom. The van der Waals surface area contributed by atoms with Gasteiger partial charge in [-0.2, -0.15) is 5.26 Å². The molecule has 4 heteroatoms. The van der Waals surface area contributed by atoms with Crippen molar-refractivity contribution in [1.29, 1.82) is 5.26 Å². The van der Waals surface area contributed by atoms with Gasteiger partial charge >= 0.3 is 0 Å². The first-order valence-electron chi connectivity index (χ1n) is 7.99. The van der Waals surface area contributed by atoms with Crippen LogP contribution < -0.4 is 4.90 Å². The zero-order chi connectivity index (χ0) is 15.0. The molecule has 0 amide bonds. The van der Waals surface area contributed by atoms with Crippen molar-refractivity contribution < 1.29 is 0 Å². The third-order valence-electron chi connectivity index (χ3n) is 4.92. The Morgan fingerprint density at radius 1 is 1.29 bits per heavy atom. The van der Waals surface area contributed by atoms with Crippen molar-refractivity contribution >= 4 is 5.69 Å². The number of hydrogen-bond acceptors (Lipinski definition) is 4. The molecular formula is C17H24N4. The first-order chi connectivity index (χ1) is 10.1. The second-order valence-corrected chi connectivity index (χ2v) is 6.50. The van der Waals surface area contributed by atoms with Crippen LogP contribution in [0.1, 0.15) is 43.1 Å². The third-order valence-corrected chi connectivity index (χ3v) is 4.92. The number of nitriles is 1. The second-order valence-electron chi connectivity index (χ2n) is 6.50. The number of pyridine rings is 1. The summed E-state index contributed by atoms with van der Waals surface area (Å²) in [4.78, 5) is 9.52. The number of nitrogens with zero attached hydrogens (tertiary/aromatic N) is 4. The van der Waals surface area contributed by atoms with Gasteiger partial charge in [0.25, 0.3) is 0 Å². The van der Waals surface area contributed by atoms with E-state index >= 15 is 0 Å². The smallest absolute Gasteiger partial charge is 0.103 e. The maximum Gasteiger partial charge on any atom is 0.103 e. The summed E-state index contributed by atoms with van der Waals surface area (Å²) in [5.41, 5.74) is 3.68. The molecule has 1 aromatic heterocycles. The highest BCUT2D eigenvalue weighted by molar-refractivity contribution is 5.62. The molecule has 0 aliphatic carbocycles. The third kappa shape index (κ3) is 2.63. The second kappa shape index (κ2) is 5.65. The molecule has 2 unspecified atom stereocenters. The maximum absolute atomic E-state index is 9.51. The number of hydrogen-bond donors (Lipinski definition) is 0. The molecule has 2 aliphatic heterocycles. The summed E-state index contributed by atoms with van der Waals surface area (Å²) >= 11 is 0. The number of rotatable bonds is 1. The Balaban J connectivity index is 1.94. The summed E-state index contributed by atoms with van der Waals surface area (Å²) < 4.78 is 0. The SMILES string of the molecule is Cc1cc(N2CC3CCCCN3CC2C)c(C#N)c(C)n1. The van der Waals surface area contributed by atoms with Gasteiger partial charge in [0.1, 0.15) is 6.07 Å². The van der Waals surface area contributed by atoms with E-state index in [4.69, 9.17) is 0 Å². The summed E-state index contributed by atoms with van der Waals surface area (Å²) in [6.45, 7) is 9.61. The standard InChI is InChI=1S/C17H24N4/c1-12-8-17(16(9-18)14(3)19-12)21-11-15-6-4-5-7-20(15)10-13(21)2/h8,13,15H,4-7,10-11H2,1-3H3. The number of aromatic nitrogens is 1. The van der Waals surface area contributed by atoms with Crippen molar-refractivity contribution in [1.82, 2.24) is 9.88 Å². The topological polar surface area (TPSA) is 43.2 Å². The average Bonchev–Trinajstić information content (AvgIpc) is 2.45. The molecule has 2 fully saturated rings. The first kappa shape index (κ1) is 14.3. The van der Waals surface area contributed by atoms with Crippen molar-refractivity contribution in [2.24, 2.45) is 0 Å². The highest BCUT2D eigenvalue weighted by atomic mass is 15.3. The van der Waals surface area contributed by atoms with E-state index in [1.165, 1.54) is 25.8 Å². The predicted octanol–water partition coefficient (Wildman–Crippen LogP) is 2.63. The maximum atomic E-state index is 9.51. The van der Waals surface area contributed by atoms with Crippen molar-refractivity contribution in [3.63, 3.8) is 0 Å². The molecule has 0 radical (unpaired) electrons. The molecule has 4 nitrogen and oxygen atoms in total. The van der Waals surface area contributed by atoms with Crippen molar-refractivity contribution in [2.45, 2.75) is 52.1 Å². The van der Waals surface area contributed by atoms with Gasteiger partial charge in [0.2, 0.25) is 0 Å². The molecule has 2 atom stereocenters. The van der Waals surface area contributed by atoms with Gasteiger partial charge in [-0.15, -0.1) is 0 Å². The van der Waals surface area contributed by atoms with E-state index in [0.717, 1.165) is 35.7 Å². The largest absolute Gasteiger partial charge is 0.365 e. The normalized spacial score (nSPS) is 26.3. The fourth-order valence-electron chi connectivity index (χ4n) is 3.86. The lowest BCUT2D eigenvalue weighted by Crippen LogP contribution is -2.59. The predicted molar refractivity (Wildman–Crippen MR) is 84.4 cm³/mol. The van der Waals surface area contributed by atoms with Gasteiger partial charge in [0.15, 0.2) is 0 Å². The first-order valence-corrected chi connectivity index (χ1v) is 7.99. The molecule has 112 valence electrons.